The van der Waals surface area contributed by atoms with E-state index in [1.165, 1.54) is 0 Å². The van der Waals surface area contributed by atoms with Crippen molar-refractivity contribution >= 4 is 22.8 Å². The van der Waals surface area contributed by atoms with Crippen LogP contribution >= 0.6 is 11.8 Å². The van der Waals surface area contributed by atoms with Gasteiger partial charge in [0.1, 0.15) is 6.04 Å². The number of nitrogens with one attached hydrogen (secondary N) is 1. The smallest absolute Gasteiger partial charge is 0.247 e. The Kier molecular flexibility index (Phi) is 5.32. The Hall–Kier alpha value is -0.750. The third-order valence-electron chi connectivity index (χ3n) is 4.05. The molecule has 0 aromatic heterocycles. The first-order valence-corrected chi connectivity index (χ1v) is 8.44. The fraction of sp³-hybridized carbons (Fsp3) is 0.857. The molecule has 0 saturated carbocycles. The Balaban J connectivity index is 1.96. The summed E-state index contributed by atoms with van der Waals surface area (Å²) in [6.07, 6.45) is 2.05. The molecule has 6 heteroatoms. The molecular formula is C14H25N3O2S. The zero-order valence-electron chi connectivity index (χ0n) is 12.6. The Morgan fingerprint density at radius 2 is 2.10 bits per heavy atom. The van der Waals surface area contributed by atoms with Gasteiger partial charge in [0.15, 0.2) is 5.17 Å². The lowest BCUT2D eigenvalue weighted by Gasteiger charge is -2.32. The van der Waals surface area contributed by atoms with E-state index < -0.39 is 0 Å². The molecule has 114 valence electrons. The maximum Gasteiger partial charge on any atom is 0.247 e. The highest BCUT2D eigenvalue weighted by Gasteiger charge is 2.39. The summed E-state index contributed by atoms with van der Waals surface area (Å²) in [5, 5.41) is 4.45. The van der Waals surface area contributed by atoms with Crippen molar-refractivity contribution in [2.24, 2.45) is 4.99 Å². The zero-order valence-corrected chi connectivity index (χ0v) is 13.5. The van der Waals surface area contributed by atoms with Gasteiger partial charge in [-0.25, -0.2) is 4.99 Å². The lowest BCUT2D eigenvalue weighted by molar-refractivity contribution is -0.131. The Bertz CT molecular complexity index is 377. The molecule has 1 atom stereocenters. The summed E-state index contributed by atoms with van der Waals surface area (Å²) in [6, 6.07) is -0.306. The average molecular weight is 299 g/mol. The van der Waals surface area contributed by atoms with E-state index in [0.717, 1.165) is 50.1 Å². The predicted molar refractivity (Wildman–Crippen MR) is 83.2 cm³/mol. The first-order valence-electron chi connectivity index (χ1n) is 7.45. The fourth-order valence-corrected chi connectivity index (χ4v) is 3.93. The van der Waals surface area contributed by atoms with Gasteiger partial charge < -0.3 is 15.0 Å². The Morgan fingerprint density at radius 1 is 1.45 bits per heavy atom. The van der Waals surface area contributed by atoms with Crippen LogP contribution < -0.4 is 5.32 Å². The number of amidine groups is 1. The van der Waals surface area contributed by atoms with E-state index >= 15 is 0 Å². The normalized spacial score (nSPS) is 24.6. The summed E-state index contributed by atoms with van der Waals surface area (Å²) in [7, 11) is 0. The van der Waals surface area contributed by atoms with E-state index in [9.17, 15) is 4.79 Å². The van der Waals surface area contributed by atoms with Gasteiger partial charge in [0.25, 0.3) is 0 Å². The molecule has 5 nitrogen and oxygen atoms in total. The van der Waals surface area contributed by atoms with Gasteiger partial charge in [0.2, 0.25) is 5.91 Å². The Morgan fingerprint density at radius 3 is 2.70 bits per heavy atom. The second-order valence-electron chi connectivity index (χ2n) is 5.43. The molecule has 0 aliphatic carbocycles. The van der Waals surface area contributed by atoms with E-state index in [2.05, 4.69) is 10.3 Å². The first kappa shape index (κ1) is 15.6. The molecule has 0 bridgehead atoms. The highest BCUT2D eigenvalue weighted by molar-refractivity contribution is 8.14. The molecule has 20 heavy (non-hydrogen) atoms. The van der Waals surface area contributed by atoms with Crippen LogP contribution in [0.1, 0.15) is 33.6 Å². The van der Waals surface area contributed by atoms with Gasteiger partial charge >= 0.3 is 0 Å². The molecule has 2 aliphatic heterocycles. The highest BCUT2D eigenvalue weighted by atomic mass is 32.2. The number of carbonyl (C=O) groups is 1. The molecule has 1 spiro atoms. The maximum atomic E-state index is 12.2. The zero-order chi connectivity index (χ0) is 14.6. The molecule has 2 heterocycles. The monoisotopic (exact) mass is 299 g/mol. The lowest BCUT2D eigenvalue weighted by Crippen LogP contribution is -2.48. The minimum atomic E-state index is -0.306. The molecule has 1 N–H and O–H groups in total. The number of nitrogens with zero attached hydrogens (tertiary/aromatic N) is 2. The van der Waals surface area contributed by atoms with Crippen molar-refractivity contribution in [3.8, 4) is 0 Å². The molecule has 2 aliphatic rings. The minimum absolute atomic E-state index is 0.109. The summed E-state index contributed by atoms with van der Waals surface area (Å²) in [6.45, 7) is 8.99. The van der Waals surface area contributed by atoms with E-state index in [1.54, 1.807) is 11.8 Å². The number of aliphatic imine (C=N–C) groups is 1. The molecule has 0 aromatic rings. The van der Waals surface area contributed by atoms with Crippen LogP contribution in [0, 0.1) is 0 Å². The molecule has 2 fully saturated rings. The van der Waals surface area contributed by atoms with Crippen molar-refractivity contribution in [1.82, 2.24) is 10.2 Å². The lowest BCUT2D eigenvalue weighted by atomic mass is 9.93. The number of ether oxygens (including phenoxy) is 1. The van der Waals surface area contributed by atoms with Crippen molar-refractivity contribution in [1.29, 1.82) is 0 Å². The second kappa shape index (κ2) is 6.80. The van der Waals surface area contributed by atoms with Crippen LogP contribution in [0.25, 0.3) is 0 Å². The van der Waals surface area contributed by atoms with Crippen LogP contribution in [0.15, 0.2) is 4.99 Å². The number of carbonyl (C=O) groups excluding carboxylic acids is 1. The minimum Gasteiger partial charge on any atom is -0.381 e. The summed E-state index contributed by atoms with van der Waals surface area (Å²) in [5.74, 6) is 1.14. The fourth-order valence-electron chi connectivity index (χ4n) is 2.64. The Labute approximate surface area is 125 Å². The number of amides is 1. The van der Waals surface area contributed by atoms with E-state index in [4.69, 9.17) is 4.74 Å². The van der Waals surface area contributed by atoms with Gasteiger partial charge in [-0.2, -0.15) is 0 Å². The van der Waals surface area contributed by atoms with Crippen molar-refractivity contribution < 1.29 is 9.53 Å². The molecule has 2 saturated heterocycles. The predicted octanol–water partition coefficient (Wildman–Crippen LogP) is 1.48. The van der Waals surface area contributed by atoms with Crippen LogP contribution in [0.5, 0.6) is 0 Å². The van der Waals surface area contributed by atoms with Gasteiger partial charge in [-0.3, -0.25) is 4.79 Å². The molecule has 0 radical (unpaired) electrons. The van der Waals surface area contributed by atoms with E-state index in [-0.39, 0.29) is 17.5 Å². The van der Waals surface area contributed by atoms with Crippen molar-refractivity contribution in [2.45, 2.75) is 45.2 Å². The SMILES string of the molecule is CCN(CC)C(=O)C(C)N=C1NC2(CCOCC2)CS1. The van der Waals surface area contributed by atoms with E-state index in [1.807, 2.05) is 25.7 Å². The number of rotatable bonds is 4. The quantitative estimate of drug-likeness (QED) is 0.854. The van der Waals surface area contributed by atoms with Gasteiger partial charge in [-0.1, -0.05) is 11.8 Å². The van der Waals surface area contributed by atoms with Crippen LogP contribution in [0.4, 0.5) is 0 Å². The van der Waals surface area contributed by atoms with Crippen molar-refractivity contribution in [3.63, 3.8) is 0 Å². The van der Waals surface area contributed by atoms with Gasteiger partial charge in [-0.05, 0) is 33.6 Å². The summed E-state index contributed by atoms with van der Waals surface area (Å²) in [4.78, 5) is 18.6. The number of thioether (sulfide) groups is 1. The van der Waals surface area contributed by atoms with Gasteiger partial charge in [-0.15, -0.1) is 0 Å². The van der Waals surface area contributed by atoms with Crippen LogP contribution in [0.3, 0.4) is 0 Å². The molecule has 1 unspecified atom stereocenters. The van der Waals surface area contributed by atoms with E-state index in [0.29, 0.717) is 0 Å². The molecule has 0 aromatic carbocycles. The highest BCUT2D eigenvalue weighted by Crippen LogP contribution is 2.31. The standard InChI is InChI=1S/C14H25N3O2S/c1-4-17(5-2)12(18)11(3)15-13-16-14(10-20-13)6-8-19-9-7-14/h11H,4-10H2,1-3H3,(H,15,16). The van der Waals surface area contributed by atoms with Crippen LogP contribution in [-0.4, -0.2) is 59.6 Å². The molecule has 1 amide bonds. The molecule has 2 rings (SSSR count). The average Bonchev–Trinajstić information content (AvgIpc) is 2.83. The van der Waals surface area contributed by atoms with Crippen LogP contribution in [0.2, 0.25) is 0 Å². The maximum absolute atomic E-state index is 12.2. The largest absolute Gasteiger partial charge is 0.381 e. The third kappa shape index (κ3) is 3.47. The first-order chi connectivity index (χ1) is 9.60. The topological polar surface area (TPSA) is 53.9 Å². The summed E-state index contributed by atoms with van der Waals surface area (Å²) < 4.78 is 5.42. The number of hydrogen-bond acceptors (Lipinski definition) is 4. The van der Waals surface area contributed by atoms with Crippen LogP contribution in [-0.2, 0) is 9.53 Å². The van der Waals surface area contributed by atoms with Gasteiger partial charge in [0.05, 0.1) is 5.54 Å². The second-order valence-corrected chi connectivity index (χ2v) is 6.39. The van der Waals surface area contributed by atoms with Crippen molar-refractivity contribution in [2.75, 3.05) is 32.1 Å². The van der Waals surface area contributed by atoms with Gasteiger partial charge in [0, 0.05) is 32.1 Å². The molecular weight excluding hydrogens is 274 g/mol. The summed E-state index contributed by atoms with van der Waals surface area (Å²) >= 11 is 1.73. The third-order valence-corrected chi connectivity index (χ3v) is 5.23. The summed E-state index contributed by atoms with van der Waals surface area (Å²) in [5.41, 5.74) is 0.139. The van der Waals surface area contributed by atoms with Crippen molar-refractivity contribution in [3.05, 3.63) is 0 Å². The number of likely N-dealkylation sites (N-methyl/N-ethyl adjacent to an activating group) is 1. The number of hydrogen-bond donors (Lipinski definition) is 1.